The number of nitrogens with zero attached hydrogens (tertiary/aromatic N) is 1. The fourth-order valence-electron chi connectivity index (χ4n) is 3.52. The third-order valence-corrected chi connectivity index (χ3v) is 5.25. The van der Waals surface area contributed by atoms with Gasteiger partial charge in [0.15, 0.2) is 0 Å². The van der Waals surface area contributed by atoms with E-state index in [-0.39, 0.29) is 23.5 Å². The first-order chi connectivity index (χ1) is 13.3. The molecule has 148 valence electrons. The number of rotatable bonds is 5. The zero-order chi connectivity index (χ0) is 20.3. The number of nitrogens with one attached hydrogen (secondary N) is 1. The lowest BCUT2D eigenvalue weighted by atomic mass is 9.88. The van der Waals surface area contributed by atoms with E-state index in [4.69, 9.17) is 11.6 Å². The van der Waals surface area contributed by atoms with E-state index in [9.17, 15) is 14.0 Å². The van der Waals surface area contributed by atoms with Crippen LogP contribution in [0.2, 0.25) is 5.02 Å². The highest BCUT2D eigenvalue weighted by molar-refractivity contribution is 6.30. The van der Waals surface area contributed by atoms with Gasteiger partial charge in [0.2, 0.25) is 5.91 Å². The molecule has 6 heteroatoms. The van der Waals surface area contributed by atoms with Gasteiger partial charge in [-0.1, -0.05) is 37.6 Å². The summed E-state index contributed by atoms with van der Waals surface area (Å²) < 4.78 is 13.8. The Balaban J connectivity index is 1.84. The number of carbonyl (C=O) groups excluding carboxylic acids is 2. The van der Waals surface area contributed by atoms with Gasteiger partial charge < -0.3 is 10.2 Å². The lowest BCUT2D eigenvalue weighted by Gasteiger charge is -2.19. The lowest BCUT2D eigenvalue weighted by Crippen LogP contribution is -2.37. The smallest absolute Gasteiger partial charge is 0.253 e. The Labute approximate surface area is 169 Å². The second-order valence-electron chi connectivity index (χ2n) is 7.62. The number of hydrogen-bond acceptors (Lipinski definition) is 2. The van der Waals surface area contributed by atoms with Gasteiger partial charge in [-0.2, -0.15) is 0 Å². The molecule has 1 aliphatic rings. The molecule has 0 radical (unpaired) electrons. The number of benzene rings is 2. The maximum absolute atomic E-state index is 13.8. The molecule has 0 aromatic heterocycles. The highest BCUT2D eigenvalue weighted by atomic mass is 35.5. The van der Waals surface area contributed by atoms with E-state index in [2.05, 4.69) is 5.32 Å². The van der Waals surface area contributed by atoms with Crippen molar-refractivity contribution in [1.82, 2.24) is 10.2 Å². The topological polar surface area (TPSA) is 49.4 Å². The molecule has 1 heterocycles. The molecule has 1 N–H and O–H groups in total. The van der Waals surface area contributed by atoms with Gasteiger partial charge in [0.05, 0.1) is 5.92 Å². The molecule has 0 spiro atoms. The number of likely N-dealkylation sites (tertiary alicyclic amines) is 1. The van der Waals surface area contributed by atoms with Crippen molar-refractivity contribution in [1.29, 1.82) is 0 Å². The van der Waals surface area contributed by atoms with Crippen LogP contribution in [0.5, 0.6) is 0 Å². The Hall–Kier alpha value is -2.40. The monoisotopic (exact) mass is 402 g/mol. The number of carbonyl (C=O) groups is 2. The van der Waals surface area contributed by atoms with Gasteiger partial charge in [-0.3, -0.25) is 9.59 Å². The van der Waals surface area contributed by atoms with Crippen molar-refractivity contribution in [3.05, 3.63) is 70.5 Å². The van der Waals surface area contributed by atoms with Crippen molar-refractivity contribution >= 4 is 23.4 Å². The van der Waals surface area contributed by atoms with E-state index >= 15 is 0 Å². The van der Waals surface area contributed by atoms with E-state index in [1.54, 1.807) is 35.2 Å². The van der Waals surface area contributed by atoms with E-state index in [0.717, 1.165) is 5.56 Å². The fourth-order valence-corrected chi connectivity index (χ4v) is 3.65. The highest BCUT2D eigenvalue weighted by Crippen LogP contribution is 2.34. The largest absolute Gasteiger partial charge is 0.356 e. The fraction of sp³-hybridized carbons (Fsp3) is 0.364. The second kappa shape index (κ2) is 8.74. The van der Waals surface area contributed by atoms with Gasteiger partial charge in [-0.25, -0.2) is 4.39 Å². The van der Waals surface area contributed by atoms with Gasteiger partial charge in [0, 0.05) is 36.1 Å². The molecular weight excluding hydrogens is 379 g/mol. The molecule has 0 unspecified atom stereocenters. The number of hydrogen-bond donors (Lipinski definition) is 1. The molecule has 1 aliphatic heterocycles. The van der Waals surface area contributed by atoms with Gasteiger partial charge >= 0.3 is 0 Å². The molecular formula is C22H24ClFN2O2. The summed E-state index contributed by atoms with van der Waals surface area (Å²) in [6, 6.07) is 13.0. The van der Waals surface area contributed by atoms with E-state index < -0.39 is 5.92 Å². The molecule has 0 bridgehead atoms. The van der Waals surface area contributed by atoms with Gasteiger partial charge in [-0.15, -0.1) is 0 Å². The molecule has 1 fully saturated rings. The predicted molar refractivity (Wildman–Crippen MR) is 108 cm³/mol. The maximum atomic E-state index is 13.8. The van der Waals surface area contributed by atoms with Crippen molar-refractivity contribution in [3.63, 3.8) is 0 Å². The minimum Gasteiger partial charge on any atom is -0.356 e. The molecule has 4 nitrogen and oxygen atoms in total. The lowest BCUT2D eigenvalue weighted by molar-refractivity contribution is -0.125. The van der Waals surface area contributed by atoms with Crippen molar-refractivity contribution in [2.45, 2.75) is 19.8 Å². The number of halogens is 2. The quantitative estimate of drug-likeness (QED) is 0.818. The Bertz CT molecular complexity index is 854. The zero-order valence-electron chi connectivity index (χ0n) is 16.0. The van der Waals surface area contributed by atoms with E-state index in [1.807, 2.05) is 19.9 Å². The van der Waals surface area contributed by atoms with Crippen LogP contribution in [0, 0.1) is 17.7 Å². The molecule has 2 aromatic rings. The summed E-state index contributed by atoms with van der Waals surface area (Å²) in [6.07, 6.45) is 0. The van der Waals surface area contributed by atoms with Crippen LogP contribution >= 0.6 is 11.6 Å². The van der Waals surface area contributed by atoms with Crippen molar-refractivity contribution < 1.29 is 14.0 Å². The minimum atomic E-state index is -0.420. The molecule has 2 amide bonds. The van der Waals surface area contributed by atoms with Crippen LogP contribution in [0.25, 0.3) is 0 Å². The Morgan fingerprint density at radius 3 is 2.54 bits per heavy atom. The predicted octanol–water partition coefficient (Wildman–Crippen LogP) is 4.11. The molecule has 3 rings (SSSR count). The van der Waals surface area contributed by atoms with Gasteiger partial charge in [0.25, 0.3) is 5.91 Å². The van der Waals surface area contributed by atoms with Crippen molar-refractivity contribution in [2.75, 3.05) is 19.6 Å². The molecule has 0 saturated carbocycles. The third-order valence-electron chi connectivity index (χ3n) is 5.00. The Morgan fingerprint density at radius 2 is 1.89 bits per heavy atom. The van der Waals surface area contributed by atoms with Crippen LogP contribution in [0.1, 0.15) is 35.7 Å². The molecule has 28 heavy (non-hydrogen) atoms. The first-order valence-electron chi connectivity index (χ1n) is 9.43. The third kappa shape index (κ3) is 4.71. The van der Waals surface area contributed by atoms with Crippen LogP contribution in [-0.4, -0.2) is 36.3 Å². The van der Waals surface area contributed by atoms with Crippen LogP contribution in [0.15, 0.2) is 48.5 Å². The van der Waals surface area contributed by atoms with Gasteiger partial charge in [-0.05, 0) is 47.9 Å². The second-order valence-corrected chi connectivity index (χ2v) is 8.06. The zero-order valence-corrected chi connectivity index (χ0v) is 16.7. The number of amides is 2. The summed E-state index contributed by atoms with van der Waals surface area (Å²) in [5, 5.41) is 3.51. The first kappa shape index (κ1) is 20.3. The average Bonchev–Trinajstić information content (AvgIpc) is 3.11. The summed E-state index contributed by atoms with van der Waals surface area (Å²) in [6.45, 7) is 5.28. The van der Waals surface area contributed by atoms with Crippen LogP contribution in [0.3, 0.4) is 0 Å². The first-order valence-corrected chi connectivity index (χ1v) is 9.81. The Morgan fingerprint density at radius 1 is 1.18 bits per heavy atom. The molecule has 2 atom stereocenters. The summed E-state index contributed by atoms with van der Waals surface area (Å²) >= 11 is 5.91. The van der Waals surface area contributed by atoms with Crippen LogP contribution in [-0.2, 0) is 4.79 Å². The summed E-state index contributed by atoms with van der Waals surface area (Å²) in [5.74, 6) is -0.950. The van der Waals surface area contributed by atoms with E-state index in [0.29, 0.717) is 36.1 Å². The molecule has 0 aliphatic carbocycles. The minimum absolute atomic E-state index is 0.102. The average molecular weight is 403 g/mol. The standard InChI is InChI=1S/C22H24ClFN2O2/c1-14(2)11-25-21(27)20-13-26(22(28)15-6-8-17(23)9-7-15)12-19(20)16-4-3-5-18(24)10-16/h3-10,14,19-20H,11-13H2,1-2H3,(H,25,27)/t19-,20-/m1/s1. The summed E-state index contributed by atoms with van der Waals surface area (Å²) in [7, 11) is 0. The summed E-state index contributed by atoms with van der Waals surface area (Å²) in [5.41, 5.74) is 1.25. The summed E-state index contributed by atoms with van der Waals surface area (Å²) in [4.78, 5) is 27.4. The molecule has 1 saturated heterocycles. The SMILES string of the molecule is CC(C)CNC(=O)[C@@H]1CN(C(=O)c2ccc(Cl)cc2)C[C@@H]1c1cccc(F)c1. The Kier molecular flexibility index (Phi) is 6.35. The maximum Gasteiger partial charge on any atom is 0.253 e. The highest BCUT2D eigenvalue weighted by Gasteiger charge is 2.40. The van der Waals surface area contributed by atoms with Crippen LogP contribution < -0.4 is 5.32 Å². The van der Waals surface area contributed by atoms with Crippen LogP contribution in [0.4, 0.5) is 4.39 Å². The normalized spacial score (nSPS) is 19.1. The van der Waals surface area contributed by atoms with Crippen molar-refractivity contribution in [3.8, 4) is 0 Å². The van der Waals surface area contributed by atoms with Gasteiger partial charge in [0.1, 0.15) is 5.82 Å². The van der Waals surface area contributed by atoms with E-state index in [1.165, 1.54) is 12.1 Å². The molecule has 2 aromatic carbocycles. The van der Waals surface area contributed by atoms with Crippen molar-refractivity contribution in [2.24, 2.45) is 11.8 Å².